The zero-order chi connectivity index (χ0) is 11.0. The Bertz CT molecular complexity index is 515. The summed E-state index contributed by atoms with van der Waals surface area (Å²) >= 11 is 1.75. The lowest BCUT2D eigenvalue weighted by atomic mass is 10.2. The van der Waals surface area contributed by atoms with E-state index in [-0.39, 0.29) is 15.3 Å². The molecule has 0 aliphatic rings. The lowest BCUT2D eigenvalue weighted by molar-refractivity contribution is 0.416. The summed E-state index contributed by atoms with van der Waals surface area (Å²) in [5.74, 6) is -4.34. The van der Waals surface area contributed by atoms with E-state index in [0.717, 1.165) is 12.1 Å². The van der Waals surface area contributed by atoms with Gasteiger partial charge in [0.25, 0.3) is 5.89 Å². The topological polar surface area (TPSA) is 38.9 Å². The zero-order valence-corrected chi connectivity index (χ0v) is 9.13. The minimum atomic E-state index is -1.55. The van der Waals surface area contributed by atoms with E-state index in [0.29, 0.717) is 0 Å². The first-order chi connectivity index (χ1) is 7.09. The van der Waals surface area contributed by atoms with Crippen molar-refractivity contribution in [2.45, 2.75) is 0 Å². The number of nitrogens with zero attached hydrogens (tertiary/aromatic N) is 2. The van der Waals surface area contributed by atoms with Crippen molar-refractivity contribution < 1.29 is 17.7 Å². The molecule has 0 bridgehead atoms. The molecule has 0 radical (unpaired) electrons. The second-order valence-electron chi connectivity index (χ2n) is 2.59. The highest BCUT2D eigenvalue weighted by atomic mass is 127. The molecule has 0 amide bonds. The van der Waals surface area contributed by atoms with Crippen LogP contribution in [0.25, 0.3) is 11.5 Å². The third-order valence-electron chi connectivity index (χ3n) is 1.67. The van der Waals surface area contributed by atoms with Crippen LogP contribution in [-0.2, 0) is 0 Å². The van der Waals surface area contributed by atoms with Crippen LogP contribution in [0.2, 0.25) is 0 Å². The van der Waals surface area contributed by atoms with Crippen molar-refractivity contribution >= 4 is 22.6 Å². The molecule has 0 fully saturated rings. The van der Waals surface area contributed by atoms with Crippen LogP contribution >= 0.6 is 22.6 Å². The monoisotopic (exact) mass is 326 g/mol. The van der Waals surface area contributed by atoms with Crippen LogP contribution in [0.4, 0.5) is 13.2 Å². The molecule has 15 heavy (non-hydrogen) atoms. The van der Waals surface area contributed by atoms with Gasteiger partial charge < -0.3 is 4.52 Å². The number of hydrogen-bond donors (Lipinski definition) is 0. The maximum Gasteiger partial charge on any atom is 0.261 e. The summed E-state index contributed by atoms with van der Waals surface area (Å²) in [7, 11) is 0. The molecule has 0 unspecified atom stereocenters. The highest BCUT2D eigenvalue weighted by Crippen LogP contribution is 2.24. The van der Waals surface area contributed by atoms with Crippen LogP contribution in [0.1, 0.15) is 0 Å². The van der Waals surface area contributed by atoms with E-state index >= 15 is 0 Å². The lowest BCUT2D eigenvalue weighted by Crippen LogP contribution is -1.93. The highest BCUT2D eigenvalue weighted by molar-refractivity contribution is 14.1. The second-order valence-corrected chi connectivity index (χ2v) is 3.56. The summed E-state index contributed by atoms with van der Waals surface area (Å²) in [6.07, 6.45) is 0. The third-order valence-corrected chi connectivity index (χ3v) is 2.11. The Kier molecular flexibility index (Phi) is 2.63. The molecule has 1 aromatic heterocycles. The fraction of sp³-hybridized carbons (Fsp3) is 0. The molecular formula is C8H2F3IN2O. The van der Waals surface area contributed by atoms with Crippen LogP contribution in [0.5, 0.6) is 0 Å². The molecule has 0 aliphatic carbocycles. The van der Waals surface area contributed by atoms with Gasteiger partial charge in [0, 0.05) is 22.6 Å². The Labute approximate surface area is 95.4 Å². The summed E-state index contributed by atoms with van der Waals surface area (Å²) in [4.78, 5) is 3.69. The largest absolute Gasteiger partial charge is 0.333 e. The summed E-state index contributed by atoms with van der Waals surface area (Å²) in [5.41, 5.74) is -0.260. The van der Waals surface area contributed by atoms with Crippen LogP contribution in [0.15, 0.2) is 16.7 Å². The maximum absolute atomic E-state index is 13.2. The number of hydrogen-bond acceptors (Lipinski definition) is 3. The van der Waals surface area contributed by atoms with Crippen molar-refractivity contribution in [3.63, 3.8) is 0 Å². The summed E-state index contributed by atoms with van der Waals surface area (Å²) < 4.78 is 43.5. The van der Waals surface area contributed by atoms with Crippen LogP contribution in [0.3, 0.4) is 0 Å². The maximum atomic E-state index is 13.2. The lowest BCUT2D eigenvalue weighted by Gasteiger charge is -1.98. The van der Waals surface area contributed by atoms with Gasteiger partial charge in [-0.1, -0.05) is 5.16 Å². The van der Waals surface area contributed by atoms with Crippen LogP contribution in [-0.4, -0.2) is 10.1 Å². The van der Waals surface area contributed by atoms with Crippen molar-refractivity contribution in [3.8, 4) is 11.5 Å². The Morgan fingerprint density at radius 1 is 1.13 bits per heavy atom. The Hall–Kier alpha value is -1.12. The first-order valence-corrected chi connectivity index (χ1v) is 4.80. The van der Waals surface area contributed by atoms with Gasteiger partial charge in [0.1, 0.15) is 0 Å². The second kappa shape index (κ2) is 3.80. The summed E-state index contributed by atoms with van der Waals surface area (Å²) in [6.45, 7) is 0. The van der Waals surface area contributed by atoms with Gasteiger partial charge in [-0.05, 0) is 12.1 Å². The van der Waals surface area contributed by atoms with Gasteiger partial charge in [0.05, 0.1) is 5.56 Å². The average molecular weight is 326 g/mol. The van der Waals surface area contributed by atoms with Gasteiger partial charge in [-0.2, -0.15) is 4.98 Å². The molecule has 1 aromatic carbocycles. The van der Waals surface area contributed by atoms with Gasteiger partial charge >= 0.3 is 0 Å². The van der Waals surface area contributed by atoms with Crippen molar-refractivity contribution in [2.75, 3.05) is 0 Å². The molecule has 1 heterocycles. The van der Waals surface area contributed by atoms with Gasteiger partial charge in [-0.25, -0.2) is 13.2 Å². The highest BCUT2D eigenvalue weighted by Gasteiger charge is 2.18. The Morgan fingerprint density at radius 3 is 2.47 bits per heavy atom. The first kappa shape index (κ1) is 10.4. The molecule has 0 aliphatic heterocycles. The summed E-state index contributed by atoms with van der Waals surface area (Å²) in [6, 6.07) is 1.84. The van der Waals surface area contributed by atoms with Gasteiger partial charge in [0.15, 0.2) is 17.5 Å². The van der Waals surface area contributed by atoms with E-state index in [9.17, 15) is 13.2 Å². The van der Waals surface area contributed by atoms with Crippen molar-refractivity contribution in [1.82, 2.24) is 10.1 Å². The minimum absolute atomic E-state index is 0.184. The number of halogens is 4. The fourth-order valence-corrected chi connectivity index (χ4v) is 1.32. The Morgan fingerprint density at radius 2 is 1.87 bits per heavy atom. The predicted octanol–water partition coefficient (Wildman–Crippen LogP) is 2.76. The average Bonchev–Trinajstić information content (AvgIpc) is 2.61. The third kappa shape index (κ3) is 1.83. The summed E-state index contributed by atoms with van der Waals surface area (Å²) in [5, 5.41) is 3.40. The molecular weight excluding hydrogens is 324 g/mol. The van der Waals surface area contributed by atoms with E-state index in [2.05, 4.69) is 14.7 Å². The number of aromatic nitrogens is 2. The Balaban J connectivity index is 2.59. The SMILES string of the molecule is Fc1ccc(-c2nc(I)no2)c(F)c1F. The van der Waals surface area contributed by atoms with Crippen molar-refractivity contribution in [3.05, 3.63) is 33.4 Å². The van der Waals surface area contributed by atoms with Crippen LogP contribution < -0.4 is 0 Å². The predicted molar refractivity (Wildman–Crippen MR) is 52.3 cm³/mol. The quantitative estimate of drug-likeness (QED) is 0.598. The number of benzene rings is 1. The van der Waals surface area contributed by atoms with E-state index in [1.165, 1.54) is 0 Å². The van der Waals surface area contributed by atoms with Gasteiger partial charge in [-0.15, -0.1) is 0 Å². The molecule has 0 saturated heterocycles. The van der Waals surface area contributed by atoms with Crippen molar-refractivity contribution in [2.24, 2.45) is 0 Å². The smallest absolute Gasteiger partial charge is 0.261 e. The fourth-order valence-electron chi connectivity index (χ4n) is 1.01. The van der Waals surface area contributed by atoms with E-state index < -0.39 is 17.5 Å². The van der Waals surface area contributed by atoms with Crippen LogP contribution in [0, 0.1) is 21.3 Å². The molecule has 2 aromatic rings. The van der Waals surface area contributed by atoms with E-state index in [1.54, 1.807) is 22.6 Å². The minimum Gasteiger partial charge on any atom is -0.333 e. The molecule has 0 atom stereocenters. The molecule has 3 nitrogen and oxygen atoms in total. The normalized spacial score (nSPS) is 10.7. The molecule has 78 valence electrons. The molecule has 0 N–H and O–H groups in total. The molecule has 0 saturated carbocycles. The molecule has 0 spiro atoms. The molecule has 7 heteroatoms. The zero-order valence-electron chi connectivity index (χ0n) is 6.97. The first-order valence-electron chi connectivity index (χ1n) is 3.72. The molecule has 2 rings (SSSR count). The van der Waals surface area contributed by atoms with E-state index in [1.807, 2.05) is 0 Å². The van der Waals surface area contributed by atoms with E-state index in [4.69, 9.17) is 0 Å². The van der Waals surface area contributed by atoms with Crippen molar-refractivity contribution in [1.29, 1.82) is 0 Å². The van der Waals surface area contributed by atoms with Gasteiger partial charge in [0.2, 0.25) is 3.83 Å². The van der Waals surface area contributed by atoms with Gasteiger partial charge in [-0.3, -0.25) is 0 Å². The number of rotatable bonds is 1. The standard InChI is InChI=1S/C8H2F3IN2O/c9-4-2-1-3(5(10)6(4)11)7-13-8(12)14-15-7/h1-2H.